The first-order valence-electron chi connectivity index (χ1n) is 20.8. The number of hydrogen-bond donors (Lipinski definition) is 1. The highest BCUT2D eigenvalue weighted by Crippen LogP contribution is 2.42. The maximum absolute atomic E-state index is 14.7. The number of piperazine rings is 1. The fourth-order valence-corrected chi connectivity index (χ4v) is 8.17. The summed E-state index contributed by atoms with van der Waals surface area (Å²) in [6.45, 7) is 15.7. The normalized spacial score (nSPS) is 21.4. The highest BCUT2D eigenvalue weighted by atomic mass is 35.5. The number of esters is 1. The summed E-state index contributed by atoms with van der Waals surface area (Å²) in [5.41, 5.74) is 2.42. The van der Waals surface area contributed by atoms with Gasteiger partial charge in [-0.15, -0.1) is 37.2 Å². The standard InChI is InChI=1S/C46H60FN5O7.3ClH/c1-32-25-50(38(26-49-21-22-57-29-33(49)2)27-51(32)44(56)59-45(3,4)5)28-41(53)52-31-46(6,39-19-16-36(24-40(39)52)23-34-14-17-37(47)18-15-34)43(55)48-20-10-13-42(54)58-30-35-11-8-7-9-12-35;;;/h7-9,11-12,14-19,24,32-33,38H,10,13,20-23,25-31H2,1-6H3,(H,48,55);3*1H/t32-,33-,38+,46-;;;/m1.../s1. The van der Waals surface area contributed by atoms with E-state index in [0.717, 1.165) is 28.8 Å². The van der Waals surface area contributed by atoms with Crippen LogP contribution in [0.3, 0.4) is 0 Å². The van der Waals surface area contributed by atoms with Crippen molar-refractivity contribution in [1.82, 2.24) is 20.0 Å². The van der Waals surface area contributed by atoms with Crippen LogP contribution in [-0.4, -0.2) is 121 Å². The van der Waals surface area contributed by atoms with E-state index in [9.17, 15) is 23.6 Å². The van der Waals surface area contributed by atoms with Crippen molar-refractivity contribution in [3.05, 3.63) is 101 Å². The average molecular weight is 923 g/mol. The second-order valence-electron chi connectivity index (χ2n) is 17.5. The minimum absolute atomic E-state index is 0. The molecule has 0 aromatic heterocycles. The van der Waals surface area contributed by atoms with E-state index in [1.54, 1.807) is 21.9 Å². The lowest BCUT2D eigenvalue weighted by molar-refractivity contribution is -0.145. The number of halogens is 4. The zero-order valence-electron chi connectivity index (χ0n) is 36.6. The number of amides is 3. The fourth-order valence-electron chi connectivity index (χ4n) is 8.17. The van der Waals surface area contributed by atoms with Gasteiger partial charge in [0.1, 0.15) is 18.0 Å². The first kappa shape index (κ1) is 52.4. The molecule has 3 aromatic rings. The predicted molar refractivity (Wildman–Crippen MR) is 245 cm³/mol. The highest BCUT2D eigenvalue weighted by molar-refractivity contribution is 6.03. The van der Waals surface area contributed by atoms with Gasteiger partial charge < -0.3 is 29.3 Å². The average Bonchev–Trinajstić information content (AvgIpc) is 3.50. The Morgan fingerprint density at radius 1 is 0.887 bits per heavy atom. The van der Waals surface area contributed by atoms with Gasteiger partial charge in [0.05, 0.1) is 25.2 Å². The van der Waals surface area contributed by atoms with Gasteiger partial charge in [-0.3, -0.25) is 24.2 Å². The number of carbonyl (C=O) groups is 4. The zero-order valence-corrected chi connectivity index (χ0v) is 39.1. The van der Waals surface area contributed by atoms with Crippen LogP contribution in [-0.2, 0) is 47.0 Å². The lowest BCUT2D eigenvalue weighted by Gasteiger charge is -2.47. The Balaban J connectivity index is 0.00000341. The summed E-state index contributed by atoms with van der Waals surface area (Å²) < 4.78 is 30.7. The molecular weight excluding hydrogens is 860 g/mol. The van der Waals surface area contributed by atoms with Gasteiger partial charge in [0, 0.05) is 69.5 Å². The predicted octanol–water partition coefficient (Wildman–Crippen LogP) is 6.96. The van der Waals surface area contributed by atoms with Crippen LogP contribution in [0.1, 0.15) is 76.6 Å². The van der Waals surface area contributed by atoms with E-state index < -0.39 is 11.0 Å². The lowest BCUT2D eigenvalue weighted by atomic mass is 9.83. The number of carbonyl (C=O) groups excluding carboxylic acids is 4. The number of morpholine rings is 1. The third-order valence-corrected chi connectivity index (χ3v) is 11.5. The molecule has 0 saturated carbocycles. The number of ether oxygens (including phenoxy) is 3. The lowest BCUT2D eigenvalue weighted by Crippen LogP contribution is -2.64. The Bertz CT molecular complexity index is 1960. The van der Waals surface area contributed by atoms with E-state index in [4.69, 9.17) is 14.2 Å². The molecule has 2 saturated heterocycles. The molecule has 12 nitrogen and oxygen atoms in total. The quantitative estimate of drug-likeness (QED) is 0.143. The molecule has 0 unspecified atom stereocenters. The molecule has 4 atom stereocenters. The van der Waals surface area contributed by atoms with Crippen molar-refractivity contribution in [1.29, 1.82) is 0 Å². The number of hydrogen-bond acceptors (Lipinski definition) is 9. The van der Waals surface area contributed by atoms with Crippen molar-refractivity contribution in [2.75, 3.05) is 63.9 Å². The van der Waals surface area contributed by atoms with Crippen LogP contribution in [0.2, 0.25) is 0 Å². The van der Waals surface area contributed by atoms with Gasteiger partial charge in [0.2, 0.25) is 11.8 Å². The third-order valence-electron chi connectivity index (χ3n) is 11.5. The second kappa shape index (κ2) is 23.1. The summed E-state index contributed by atoms with van der Waals surface area (Å²) in [5.74, 6) is -1.04. The minimum Gasteiger partial charge on any atom is -0.461 e. The molecule has 3 heterocycles. The molecule has 3 aliphatic rings. The molecule has 3 aliphatic heterocycles. The van der Waals surface area contributed by atoms with E-state index in [0.29, 0.717) is 51.4 Å². The monoisotopic (exact) mass is 921 g/mol. The maximum Gasteiger partial charge on any atom is 0.410 e. The smallest absolute Gasteiger partial charge is 0.410 e. The van der Waals surface area contributed by atoms with Crippen LogP contribution in [0.5, 0.6) is 0 Å². The van der Waals surface area contributed by atoms with Crippen LogP contribution in [0.4, 0.5) is 14.9 Å². The summed E-state index contributed by atoms with van der Waals surface area (Å²) in [7, 11) is 0. The van der Waals surface area contributed by atoms with Crippen molar-refractivity contribution in [2.24, 2.45) is 0 Å². The SMILES string of the molecule is C[C@@H]1COCCN1C[C@H]1CN(C(=O)OC(C)(C)C)[C@H](C)CN1CC(=O)N1C[C@@](C)(C(=O)NCCCC(=O)OCc2ccccc2)c2ccc(Cc3ccc(F)cc3)cc21.Cl.Cl.Cl. The van der Waals surface area contributed by atoms with Crippen molar-refractivity contribution < 1.29 is 37.8 Å². The van der Waals surface area contributed by atoms with Crippen molar-refractivity contribution in [3.8, 4) is 0 Å². The molecule has 0 aliphatic carbocycles. The number of nitrogens with one attached hydrogen (secondary N) is 1. The molecule has 3 amide bonds. The van der Waals surface area contributed by atoms with Gasteiger partial charge in [0.15, 0.2) is 0 Å². The summed E-state index contributed by atoms with van der Waals surface area (Å²) in [6.07, 6.45) is 0.701. The van der Waals surface area contributed by atoms with Crippen LogP contribution in [0, 0.1) is 5.82 Å². The maximum atomic E-state index is 14.7. The molecular formula is C46H63Cl3FN5O7. The van der Waals surface area contributed by atoms with Crippen LogP contribution < -0.4 is 10.2 Å². The van der Waals surface area contributed by atoms with Crippen LogP contribution >= 0.6 is 37.2 Å². The first-order chi connectivity index (χ1) is 28.1. The molecule has 3 aromatic carbocycles. The van der Waals surface area contributed by atoms with Crippen molar-refractivity contribution in [3.63, 3.8) is 0 Å². The van der Waals surface area contributed by atoms with Crippen molar-refractivity contribution >= 4 is 66.8 Å². The first-order valence-corrected chi connectivity index (χ1v) is 20.8. The Kier molecular flexibility index (Phi) is 19.5. The zero-order chi connectivity index (χ0) is 42.3. The van der Waals surface area contributed by atoms with Gasteiger partial charge in [-0.1, -0.05) is 54.6 Å². The molecule has 1 N–H and O–H groups in total. The molecule has 0 radical (unpaired) electrons. The van der Waals surface area contributed by atoms with Gasteiger partial charge in [-0.25, -0.2) is 9.18 Å². The van der Waals surface area contributed by atoms with E-state index in [-0.39, 0.29) is 118 Å². The van der Waals surface area contributed by atoms with E-state index in [1.807, 2.05) is 83.1 Å². The Morgan fingerprint density at radius 2 is 1.58 bits per heavy atom. The van der Waals surface area contributed by atoms with E-state index in [1.165, 1.54) is 12.1 Å². The highest BCUT2D eigenvalue weighted by Gasteiger charge is 2.47. The van der Waals surface area contributed by atoms with Gasteiger partial charge in [0.25, 0.3) is 0 Å². The van der Waals surface area contributed by atoms with Gasteiger partial charge in [-0.05, 0) is 94.8 Å². The molecule has 16 heteroatoms. The topological polar surface area (TPSA) is 121 Å². The van der Waals surface area contributed by atoms with Crippen LogP contribution in [0.15, 0.2) is 72.8 Å². The van der Waals surface area contributed by atoms with Gasteiger partial charge >= 0.3 is 12.1 Å². The molecule has 0 bridgehead atoms. The fraction of sp³-hybridized carbons (Fsp3) is 0.522. The molecule has 342 valence electrons. The van der Waals surface area contributed by atoms with E-state index in [2.05, 4.69) is 22.0 Å². The summed E-state index contributed by atoms with van der Waals surface area (Å²) in [4.78, 5) is 62.7. The number of benzene rings is 3. The Morgan fingerprint density at radius 3 is 2.26 bits per heavy atom. The number of nitrogens with zero attached hydrogens (tertiary/aromatic N) is 4. The number of rotatable bonds is 13. The third kappa shape index (κ3) is 13.5. The Hall–Kier alpha value is -3.98. The Labute approximate surface area is 384 Å². The summed E-state index contributed by atoms with van der Waals surface area (Å²) in [6, 6.07) is 21.5. The summed E-state index contributed by atoms with van der Waals surface area (Å²) in [5, 5.41) is 3.03. The second-order valence-corrected chi connectivity index (χ2v) is 17.5. The van der Waals surface area contributed by atoms with E-state index >= 15 is 0 Å². The molecule has 62 heavy (non-hydrogen) atoms. The molecule has 2 fully saturated rings. The molecule has 6 rings (SSSR count). The van der Waals surface area contributed by atoms with Gasteiger partial charge in [-0.2, -0.15) is 0 Å². The largest absolute Gasteiger partial charge is 0.461 e. The summed E-state index contributed by atoms with van der Waals surface area (Å²) >= 11 is 0. The van der Waals surface area contributed by atoms with Crippen LogP contribution in [0.25, 0.3) is 0 Å². The molecule has 0 spiro atoms. The number of anilines is 1. The number of fused-ring (bicyclic) bond motifs is 1. The van der Waals surface area contributed by atoms with Crippen molar-refractivity contribution in [2.45, 2.75) is 96.6 Å². The minimum atomic E-state index is -1.07.